The zero-order chi connectivity index (χ0) is 10.6. The number of rotatable bonds is 3. The molecule has 2 N–H and O–H groups in total. The van der Waals surface area contributed by atoms with Crippen molar-refractivity contribution in [2.45, 2.75) is 19.4 Å². The lowest BCUT2D eigenvalue weighted by atomic mass is 10.0. The normalized spacial score (nSPS) is 11.9. The van der Waals surface area contributed by atoms with Gasteiger partial charge in [-0.25, -0.2) is 0 Å². The van der Waals surface area contributed by atoms with Crippen molar-refractivity contribution < 1.29 is 4.74 Å². The molecule has 0 saturated heterocycles. The maximum atomic E-state index is 8.55. The van der Waals surface area contributed by atoms with Crippen molar-refractivity contribution in [1.29, 1.82) is 5.26 Å². The summed E-state index contributed by atoms with van der Waals surface area (Å²) in [6, 6.07) is 7.59. The quantitative estimate of drug-likeness (QED) is 0.792. The Labute approximate surface area is 84.1 Å². The fourth-order valence-electron chi connectivity index (χ4n) is 1.33. The Hall–Kier alpha value is -1.53. The molecule has 0 amide bonds. The van der Waals surface area contributed by atoms with E-state index in [1.165, 1.54) is 0 Å². The average molecular weight is 190 g/mol. The molecular formula is C11H14N2O. The standard InChI is InChI=1S/C11H14N2O/c1-8-3-4-9(10(13)5-6-12)11(7-8)14-2/h3-4,7,10H,5,13H2,1-2H3/t10-/m1/s1. The molecule has 0 aliphatic heterocycles. The molecule has 0 heterocycles. The number of nitriles is 1. The molecule has 0 spiro atoms. The highest BCUT2D eigenvalue weighted by molar-refractivity contribution is 5.39. The van der Waals surface area contributed by atoms with Crippen LogP contribution in [0.1, 0.15) is 23.6 Å². The highest BCUT2D eigenvalue weighted by Crippen LogP contribution is 2.26. The smallest absolute Gasteiger partial charge is 0.123 e. The van der Waals surface area contributed by atoms with Gasteiger partial charge < -0.3 is 10.5 Å². The van der Waals surface area contributed by atoms with Crippen LogP contribution in [0.4, 0.5) is 0 Å². The molecule has 0 bridgehead atoms. The summed E-state index contributed by atoms with van der Waals surface area (Å²) in [5.41, 5.74) is 7.84. The SMILES string of the molecule is COc1cc(C)ccc1[C@H](N)CC#N. The van der Waals surface area contributed by atoms with Crippen molar-refractivity contribution in [3.8, 4) is 11.8 Å². The molecule has 1 rings (SSSR count). The lowest BCUT2D eigenvalue weighted by Gasteiger charge is -2.13. The van der Waals surface area contributed by atoms with E-state index in [4.69, 9.17) is 15.7 Å². The fourth-order valence-corrected chi connectivity index (χ4v) is 1.33. The molecule has 3 heteroatoms. The maximum absolute atomic E-state index is 8.55. The molecule has 0 fully saturated rings. The summed E-state index contributed by atoms with van der Waals surface area (Å²) >= 11 is 0. The Morgan fingerprint density at radius 1 is 1.57 bits per heavy atom. The van der Waals surface area contributed by atoms with E-state index in [-0.39, 0.29) is 6.04 Å². The monoisotopic (exact) mass is 190 g/mol. The fraction of sp³-hybridized carbons (Fsp3) is 0.364. The van der Waals surface area contributed by atoms with Gasteiger partial charge in [0, 0.05) is 11.6 Å². The van der Waals surface area contributed by atoms with Gasteiger partial charge in [-0.05, 0) is 18.6 Å². The van der Waals surface area contributed by atoms with Gasteiger partial charge in [-0.3, -0.25) is 0 Å². The predicted octanol–water partition coefficient (Wildman–Crippen LogP) is 1.92. The van der Waals surface area contributed by atoms with Crippen LogP contribution >= 0.6 is 0 Å². The van der Waals surface area contributed by atoms with Crippen LogP contribution < -0.4 is 10.5 Å². The molecular weight excluding hydrogens is 176 g/mol. The van der Waals surface area contributed by atoms with Gasteiger partial charge in [0.25, 0.3) is 0 Å². The predicted molar refractivity (Wildman–Crippen MR) is 54.9 cm³/mol. The Balaban J connectivity index is 3.02. The molecule has 0 saturated carbocycles. The first-order chi connectivity index (χ1) is 6.69. The van der Waals surface area contributed by atoms with E-state index in [1.807, 2.05) is 25.1 Å². The number of benzene rings is 1. The number of ether oxygens (including phenoxy) is 1. The van der Waals surface area contributed by atoms with Crippen molar-refractivity contribution in [2.75, 3.05) is 7.11 Å². The second-order valence-corrected chi connectivity index (χ2v) is 3.21. The van der Waals surface area contributed by atoms with Crippen molar-refractivity contribution in [2.24, 2.45) is 5.73 Å². The van der Waals surface area contributed by atoms with Crippen LogP contribution in [0, 0.1) is 18.3 Å². The number of methoxy groups -OCH3 is 1. The maximum Gasteiger partial charge on any atom is 0.123 e. The lowest BCUT2D eigenvalue weighted by Crippen LogP contribution is -2.10. The van der Waals surface area contributed by atoms with Crippen molar-refractivity contribution in [3.63, 3.8) is 0 Å². The minimum absolute atomic E-state index is 0.268. The summed E-state index contributed by atoms with van der Waals surface area (Å²) in [5, 5.41) is 8.55. The van der Waals surface area contributed by atoms with Gasteiger partial charge in [0.15, 0.2) is 0 Å². The van der Waals surface area contributed by atoms with E-state index in [1.54, 1.807) is 7.11 Å². The molecule has 0 aliphatic rings. The first-order valence-corrected chi connectivity index (χ1v) is 4.46. The molecule has 74 valence electrons. The number of hydrogen-bond acceptors (Lipinski definition) is 3. The van der Waals surface area contributed by atoms with Crippen LogP contribution in [0.25, 0.3) is 0 Å². The number of nitrogens with zero attached hydrogens (tertiary/aromatic N) is 1. The minimum Gasteiger partial charge on any atom is -0.496 e. The molecule has 1 atom stereocenters. The highest BCUT2D eigenvalue weighted by atomic mass is 16.5. The van der Waals surface area contributed by atoms with E-state index < -0.39 is 0 Å². The molecule has 0 radical (unpaired) electrons. The summed E-state index contributed by atoms with van der Waals surface area (Å²) < 4.78 is 5.20. The van der Waals surface area contributed by atoms with Crippen molar-refractivity contribution >= 4 is 0 Å². The number of aryl methyl sites for hydroxylation is 1. The van der Waals surface area contributed by atoms with Gasteiger partial charge in [-0.2, -0.15) is 5.26 Å². The molecule has 0 unspecified atom stereocenters. The van der Waals surface area contributed by atoms with Gasteiger partial charge in [-0.1, -0.05) is 12.1 Å². The van der Waals surface area contributed by atoms with E-state index >= 15 is 0 Å². The third-order valence-electron chi connectivity index (χ3n) is 2.10. The Morgan fingerprint density at radius 2 is 2.29 bits per heavy atom. The molecule has 14 heavy (non-hydrogen) atoms. The minimum atomic E-state index is -0.268. The largest absolute Gasteiger partial charge is 0.496 e. The zero-order valence-electron chi connectivity index (χ0n) is 8.45. The second-order valence-electron chi connectivity index (χ2n) is 3.21. The van der Waals surface area contributed by atoms with Crippen LogP contribution in [-0.4, -0.2) is 7.11 Å². The third kappa shape index (κ3) is 2.24. The van der Waals surface area contributed by atoms with Crippen molar-refractivity contribution in [1.82, 2.24) is 0 Å². The number of hydrogen-bond donors (Lipinski definition) is 1. The average Bonchev–Trinajstić information content (AvgIpc) is 2.17. The summed E-state index contributed by atoms with van der Waals surface area (Å²) in [5.74, 6) is 0.757. The summed E-state index contributed by atoms with van der Waals surface area (Å²) in [7, 11) is 1.61. The molecule has 1 aromatic rings. The van der Waals surface area contributed by atoms with Gasteiger partial charge in [0.1, 0.15) is 5.75 Å². The Kier molecular flexibility index (Phi) is 3.49. The summed E-state index contributed by atoms with van der Waals surface area (Å²) in [6.45, 7) is 1.99. The second kappa shape index (κ2) is 4.64. The first kappa shape index (κ1) is 10.6. The summed E-state index contributed by atoms with van der Waals surface area (Å²) in [4.78, 5) is 0. The van der Waals surface area contributed by atoms with Gasteiger partial charge in [-0.15, -0.1) is 0 Å². The van der Waals surface area contributed by atoms with Crippen LogP contribution in [0.2, 0.25) is 0 Å². The zero-order valence-corrected chi connectivity index (χ0v) is 8.45. The first-order valence-electron chi connectivity index (χ1n) is 4.46. The van der Waals surface area contributed by atoms with Crippen molar-refractivity contribution in [3.05, 3.63) is 29.3 Å². The topological polar surface area (TPSA) is 59.0 Å². The van der Waals surface area contributed by atoms with Gasteiger partial charge in [0.05, 0.1) is 19.6 Å². The Bertz CT molecular complexity index is 355. The van der Waals surface area contributed by atoms with E-state index in [0.717, 1.165) is 16.9 Å². The lowest BCUT2D eigenvalue weighted by molar-refractivity contribution is 0.405. The van der Waals surface area contributed by atoms with Gasteiger partial charge in [0.2, 0.25) is 0 Å². The van der Waals surface area contributed by atoms with Crippen LogP contribution in [-0.2, 0) is 0 Å². The van der Waals surface area contributed by atoms with Crippen LogP contribution in [0.15, 0.2) is 18.2 Å². The molecule has 1 aromatic carbocycles. The van der Waals surface area contributed by atoms with Gasteiger partial charge >= 0.3 is 0 Å². The molecule has 3 nitrogen and oxygen atoms in total. The van der Waals surface area contributed by atoms with E-state index in [2.05, 4.69) is 6.07 Å². The van der Waals surface area contributed by atoms with E-state index in [9.17, 15) is 0 Å². The molecule has 0 aliphatic carbocycles. The van der Waals surface area contributed by atoms with Crippen LogP contribution in [0.5, 0.6) is 5.75 Å². The highest BCUT2D eigenvalue weighted by Gasteiger charge is 2.10. The molecule has 0 aromatic heterocycles. The van der Waals surface area contributed by atoms with E-state index in [0.29, 0.717) is 6.42 Å². The number of nitrogens with two attached hydrogens (primary N) is 1. The Morgan fingerprint density at radius 3 is 2.86 bits per heavy atom. The summed E-state index contributed by atoms with van der Waals surface area (Å²) in [6.07, 6.45) is 0.305. The third-order valence-corrected chi connectivity index (χ3v) is 2.10. The van der Waals surface area contributed by atoms with Crippen LogP contribution in [0.3, 0.4) is 0 Å².